The molecule has 2 aromatic heterocycles. The summed E-state index contributed by atoms with van der Waals surface area (Å²) in [5.41, 5.74) is 3.12. The van der Waals surface area contributed by atoms with Gasteiger partial charge in [0.25, 0.3) is 0 Å². The van der Waals surface area contributed by atoms with Crippen molar-refractivity contribution in [3.8, 4) is 5.69 Å². The van der Waals surface area contributed by atoms with E-state index >= 15 is 0 Å². The van der Waals surface area contributed by atoms with Crippen LogP contribution in [0.5, 0.6) is 0 Å². The van der Waals surface area contributed by atoms with Crippen molar-refractivity contribution >= 4 is 23.3 Å². The molecule has 1 aromatic carbocycles. The van der Waals surface area contributed by atoms with Crippen molar-refractivity contribution in [3.05, 3.63) is 83.9 Å². The maximum Gasteiger partial charge on any atom is 0.335 e. The third kappa shape index (κ3) is 3.87. The Morgan fingerprint density at radius 3 is 2.72 bits per heavy atom. The van der Waals surface area contributed by atoms with Gasteiger partial charge in [0.1, 0.15) is 0 Å². The third-order valence-corrected chi connectivity index (χ3v) is 6.45. The Kier molecular flexibility index (Phi) is 5.63. The lowest BCUT2D eigenvalue weighted by Crippen LogP contribution is -2.36. The minimum atomic E-state index is -0.937. The minimum absolute atomic E-state index is 0.0873. The van der Waals surface area contributed by atoms with E-state index in [1.807, 2.05) is 42.6 Å². The Hall–Kier alpha value is -3.23. The SMILES string of the molecule is O=C(O)c1ccc(-n2cccc2[C@H]2[C@@H](c3ccccn3)NC(=S)N2C[C@@H]2CCCO2)cc1. The van der Waals surface area contributed by atoms with E-state index in [0.717, 1.165) is 36.5 Å². The van der Waals surface area contributed by atoms with Gasteiger partial charge in [0, 0.05) is 36.9 Å². The van der Waals surface area contributed by atoms with Gasteiger partial charge in [-0.1, -0.05) is 6.07 Å². The van der Waals surface area contributed by atoms with Gasteiger partial charge in [-0.2, -0.15) is 0 Å². The molecule has 2 aliphatic rings. The number of carboxylic acids is 1. The smallest absolute Gasteiger partial charge is 0.335 e. The highest BCUT2D eigenvalue weighted by atomic mass is 32.1. The predicted octanol–water partition coefficient (Wildman–Crippen LogP) is 3.72. The van der Waals surface area contributed by atoms with Crippen molar-refractivity contribution < 1.29 is 14.6 Å². The zero-order valence-corrected chi connectivity index (χ0v) is 18.2. The zero-order valence-electron chi connectivity index (χ0n) is 17.4. The topological polar surface area (TPSA) is 79.6 Å². The number of carboxylic acid groups (broad SMARTS) is 1. The first-order valence-electron chi connectivity index (χ1n) is 10.7. The van der Waals surface area contributed by atoms with Crippen LogP contribution in [0.1, 0.15) is 46.7 Å². The minimum Gasteiger partial charge on any atom is -0.478 e. The number of hydrogen-bond acceptors (Lipinski definition) is 4. The molecule has 2 N–H and O–H groups in total. The van der Waals surface area contributed by atoms with Crippen molar-refractivity contribution in [3.63, 3.8) is 0 Å². The molecule has 0 unspecified atom stereocenters. The summed E-state index contributed by atoms with van der Waals surface area (Å²) in [7, 11) is 0. The lowest BCUT2D eigenvalue weighted by molar-refractivity contribution is 0.0697. The molecule has 2 aliphatic heterocycles. The van der Waals surface area contributed by atoms with Gasteiger partial charge in [-0.3, -0.25) is 4.98 Å². The molecule has 2 fully saturated rings. The van der Waals surface area contributed by atoms with E-state index in [0.29, 0.717) is 11.7 Å². The second kappa shape index (κ2) is 8.72. The molecule has 0 aliphatic carbocycles. The summed E-state index contributed by atoms with van der Waals surface area (Å²) in [5, 5.41) is 13.4. The van der Waals surface area contributed by atoms with Crippen LogP contribution in [-0.2, 0) is 4.74 Å². The average molecular weight is 449 g/mol. The normalized spacial score (nSPS) is 22.8. The molecular formula is C24H24N4O3S. The van der Waals surface area contributed by atoms with Crippen molar-refractivity contribution in [2.45, 2.75) is 31.0 Å². The van der Waals surface area contributed by atoms with E-state index in [2.05, 4.69) is 25.8 Å². The van der Waals surface area contributed by atoms with Crippen LogP contribution in [0.15, 0.2) is 67.0 Å². The first-order valence-corrected chi connectivity index (χ1v) is 11.1. The fourth-order valence-electron chi connectivity index (χ4n) is 4.57. The van der Waals surface area contributed by atoms with Crippen LogP contribution in [-0.4, -0.2) is 49.9 Å². The lowest BCUT2D eigenvalue weighted by Gasteiger charge is -2.30. The number of nitrogens with zero attached hydrogens (tertiary/aromatic N) is 3. The summed E-state index contributed by atoms with van der Waals surface area (Å²) in [5.74, 6) is -0.937. The summed E-state index contributed by atoms with van der Waals surface area (Å²) < 4.78 is 8.00. The summed E-state index contributed by atoms with van der Waals surface area (Å²) in [6, 6.07) is 16.7. The van der Waals surface area contributed by atoms with Crippen molar-refractivity contribution in [2.24, 2.45) is 0 Å². The van der Waals surface area contributed by atoms with Crippen LogP contribution in [0.25, 0.3) is 5.69 Å². The molecule has 2 saturated heterocycles. The number of carbonyl (C=O) groups is 1. The quantitative estimate of drug-likeness (QED) is 0.557. The fourth-order valence-corrected chi connectivity index (χ4v) is 4.88. The molecule has 0 spiro atoms. The highest BCUT2D eigenvalue weighted by Gasteiger charge is 2.42. The number of hydrogen-bond donors (Lipinski definition) is 2. The molecule has 3 atom stereocenters. The van der Waals surface area contributed by atoms with E-state index < -0.39 is 5.97 Å². The van der Waals surface area contributed by atoms with Gasteiger partial charge in [-0.05, 0) is 73.6 Å². The average Bonchev–Trinajstić information content (AvgIpc) is 3.56. The van der Waals surface area contributed by atoms with Crippen LogP contribution in [0.4, 0.5) is 0 Å². The van der Waals surface area contributed by atoms with E-state index in [1.54, 1.807) is 18.3 Å². The maximum absolute atomic E-state index is 11.3. The zero-order chi connectivity index (χ0) is 22.1. The van der Waals surface area contributed by atoms with Gasteiger partial charge in [-0.15, -0.1) is 0 Å². The number of thiocarbonyl (C=S) groups is 1. The van der Waals surface area contributed by atoms with E-state index in [4.69, 9.17) is 17.0 Å². The van der Waals surface area contributed by atoms with Crippen molar-refractivity contribution in [2.75, 3.05) is 13.2 Å². The van der Waals surface area contributed by atoms with Gasteiger partial charge < -0.3 is 24.6 Å². The molecule has 0 amide bonds. The van der Waals surface area contributed by atoms with Gasteiger partial charge in [0.2, 0.25) is 0 Å². The van der Waals surface area contributed by atoms with Gasteiger partial charge in [0.15, 0.2) is 5.11 Å². The number of nitrogens with one attached hydrogen (secondary N) is 1. The van der Waals surface area contributed by atoms with Gasteiger partial charge >= 0.3 is 5.97 Å². The molecule has 5 rings (SSSR count). The Morgan fingerprint density at radius 1 is 1.19 bits per heavy atom. The standard InChI is InChI=1S/C24H24N4O3S/c29-23(30)16-8-10-17(11-9-16)27-13-3-7-20(27)22-21(19-6-1-2-12-25-19)26-24(32)28(22)15-18-5-4-14-31-18/h1-3,6-13,18,21-22H,4-5,14-15H2,(H,26,32)(H,29,30)/t18-,21+,22-/m0/s1. The van der Waals surface area contributed by atoms with E-state index in [-0.39, 0.29) is 23.8 Å². The Morgan fingerprint density at radius 2 is 2.03 bits per heavy atom. The number of benzene rings is 1. The first-order chi connectivity index (χ1) is 15.6. The molecular weight excluding hydrogens is 424 g/mol. The molecule has 32 heavy (non-hydrogen) atoms. The number of aromatic carboxylic acids is 1. The van der Waals surface area contributed by atoms with Crippen LogP contribution in [0.3, 0.4) is 0 Å². The second-order valence-corrected chi connectivity index (χ2v) is 8.46. The molecule has 164 valence electrons. The number of rotatable bonds is 6. The highest BCUT2D eigenvalue weighted by molar-refractivity contribution is 7.80. The molecule has 0 radical (unpaired) electrons. The van der Waals surface area contributed by atoms with Gasteiger partial charge in [0.05, 0.1) is 29.4 Å². The highest BCUT2D eigenvalue weighted by Crippen LogP contribution is 2.40. The lowest BCUT2D eigenvalue weighted by atomic mass is 10.0. The van der Waals surface area contributed by atoms with Crippen LogP contribution < -0.4 is 5.32 Å². The summed E-state index contributed by atoms with van der Waals surface area (Å²) >= 11 is 5.77. The molecule has 7 nitrogen and oxygen atoms in total. The van der Waals surface area contributed by atoms with Crippen molar-refractivity contribution in [1.29, 1.82) is 0 Å². The summed E-state index contributed by atoms with van der Waals surface area (Å²) in [6.07, 6.45) is 6.03. The number of ether oxygens (including phenoxy) is 1. The summed E-state index contributed by atoms with van der Waals surface area (Å²) in [6.45, 7) is 1.50. The molecule has 0 saturated carbocycles. The Bertz CT molecular complexity index is 1110. The summed E-state index contributed by atoms with van der Waals surface area (Å²) in [4.78, 5) is 18.1. The molecule has 4 heterocycles. The van der Waals surface area contributed by atoms with Crippen LogP contribution in [0, 0.1) is 0 Å². The van der Waals surface area contributed by atoms with Crippen LogP contribution >= 0.6 is 12.2 Å². The van der Waals surface area contributed by atoms with Gasteiger partial charge in [-0.25, -0.2) is 4.79 Å². The molecule has 8 heteroatoms. The van der Waals surface area contributed by atoms with E-state index in [1.165, 1.54) is 0 Å². The fraction of sp³-hybridized carbons (Fsp3) is 0.292. The third-order valence-electron chi connectivity index (χ3n) is 6.10. The second-order valence-electron chi connectivity index (χ2n) is 8.07. The Balaban J connectivity index is 1.55. The monoisotopic (exact) mass is 448 g/mol. The molecule has 0 bridgehead atoms. The largest absolute Gasteiger partial charge is 0.478 e. The maximum atomic E-state index is 11.3. The predicted molar refractivity (Wildman–Crippen MR) is 124 cm³/mol. The Labute approximate surface area is 191 Å². The number of pyridine rings is 1. The first kappa shape index (κ1) is 20.7. The van der Waals surface area contributed by atoms with Crippen LogP contribution in [0.2, 0.25) is 0 Å². The molecule has 3 aromatic rings. The van der Waals surface area contributed by atoms with E-state index in [9.17, 15) is 9.90 Å². The number of aromatic nitrogens is 2. The van der Waals surface area contributed by atoms with Crippen molar-refractivity contribution in [1.82, 2.24) is 19.8 Å².